The molecule has 1 aromatic carbocycles. The first-order valence-electron chi connectivity index (χ1n) is 7.22. The standard InChI is InChI=1S/C16H26N2/c1-3-16(4-2)10-11-18(13-16)12-15(17)14-8-6-5-7-9-14/h5-9,15H,3-4,10-13,17H2,1-2H3. The largest absolute Gasteiger partial charge is 0.323 e. The maximum absolute atomic E-state index is 6.30. The summed E-state index contributed by atoms with van der Waals surface area (Å²) in [6, 6.07) is 10.6. The van der Waals surface area contributed by atoms with Crippen LogP contribution >= 0.6 is 0 Å². The first-order chi connectivity index (χ1) is 8.69. The Morgan fingerprint density at radius 1 is 1.22 bits per heavy atom. The van der Waals surface area contributed by atoms with E-state index >= 15 is 0 Å². The molecule has 2 N–H and O–H groups in total. The van der Waals surface area contributed by atoms with E-state index in [0.29, 0.717) is 5.41 Å². The lowest BCUT2D eigenvalue weighted by molar-refractivity contribution is 0.233. The van der Waals surface area contributed by atoms with Crippen LogP contribution in [0, 0.1) is 5.41 Å². The molecule has 1 atom stereocenters. The predicted molar refractivity (Wildman–Crippen MR) is 77.4 cm³/mol. The molecule has 1 unspecified atom stereocenters. The SMILES string of the molecule is CCC1(CC)CCN(CC(N)c2ccccc2)C1. The van der Waals surface area contributed by atoms with Gasteiger partial charge in [-0.2, -0.15) is 0 Å². The third kappa shape index (κ3) is 2.93. The van der Waals surface area contributed by atoms with Gasteiger partial charge in [-0.3, -0.25) is 0 Å². The van der Waals surface area contributed by atoms with Crippen molar-refractivity contribution in [1.82, 2.24) is 4.90 Å². The van der Waals surface area contributed by atoms with Crippen molar-refractivity contribution in [3.8, 4) is 0 Å². The molecule has 18 heavy (non-hydrogen) atoms. The molecule has 1 aliphatic rings. The number of hydrogen-bond donors (Lipinski definition) is 1. The molecule has 1 aliphatic heterocycles. The molecular weight excluding hydrogens is 220 g/mol. The Labute approximate surface area is 111 Å². The third-order valence-electron chi connectivity index (χ3n) is 4.70. The predicted octanol–water partition coefficient (Wildman–Crippen LogP) is 3.20. The highest BCUT2D eigenvalue weighted by Gasteiger charge is 2.35. The molecule has 0 radical (unpaired) electrons. The number of nitrogens with zero attached hydrogens (tertiary/aromatic N) is 1. The Hall–Kier alpha value is -0.860. The molecule has 0 saturated carbocycles. The van der Waals surface area contributed by atoms with Gasteiger partial charge in [-0.1, -0.05) is 44.2 Å². The Morgan fingerprint density at radius 2 is 1.89 bits per heavy atom. The van der Waals surface area contributed by atoms with E-state index in [1.165, 1.54) is 37.9 Å². The van der Waals surface area contributed by atoms with Crippen LogP contribution in [0.1, 0.15) is 44.7 Å². The summed E-state index contributed by atoms with van der Waals surface area (Å²) in [7, 11) is 0. The van der Waals surface area contributed by atoms with Gasteiger partial charge < -0.3 is 10.6 Å². The smallest absolute Gasteiger partial charge is 0.0424 e. The van der Waals surface area contributed by atoms with E-state index in [1.54, 1.807) is 0 Å². The minimum absolute atomic E-state index is 0.149. The summed E-state index contributed by atoms with van der Waals surface area (Å²) in [5.74, 6) is 0. The van der Waals surface area contributed by atoms with Gasteiger partial charge in [0.2, 0.25) is 0 Å². The number of rotatable bonds is 5. The minimum atomic E-state index is 0.149. The normalized spacial score (nSPS) is 21.1. The molecule has 2 rings (SSSR count). The average Bonchev–Trinajstić information content (AvgIpc) is 2.84. The van der Waals surface area contributed by atoms with Crippen LogP contribution in [0.4, 0.5) is 0 Å². The van der Waals surface area contributed by atoms with Crippen LogP contribution in [-0.2, 0) is 0 Å². The first kappa shape index (κ1) is 13.6. The van der Waals surface area contributed by atoms with Crippen molar-refractivity contribution in [3.05, 3.63) is 35.9 Å². The monoisotopic (exact) mass is 246 g/mol. The highest BCUT2D eigenvalue weighted by Crippen LogP contribution is 2.37. The van der Waals surface area contributed by atoms with Gasteiger partial charge in [-0.25, -0.2) is 0 Å². The number of benzene rings is 1. The third-order valence-corrected chi connectivity index (χ3v) is 4.70. The van der Waals surface area contributed by atoms with Crippen LogP contribution in [0.15, 0.2) is 30.3 Å². The van der Waals surface area contributed by atoms with Crippen LogP contribution in [0.25, 0.3) is 0 Å². The quantitative estimate of drug-likeness (QED) is 0.864. The van der Waals surface area contributed by atoms with E-state index in [4.69, 9.17) is 5.73 Å². The van der Waals surface area contributed by atoms with Gasteiger partial charge in [0.1, 0.15) is 0 Å². The van der Waals surface area contributed by atoms with E-state index in [0.717, 1.165) is 6.54 Å². The molecule has 0 bridgehead atoms. The molecular formula is C16H26N2. The second-order valence-electron chi connectivity index (χ2n) is 5.71. The maximum Gasteiger partial charge on any atom is 0.0424 e. The number of nitrogens with two attached hydrogens (primary N) is 1. The molecule has 100 valence electrons. The van der Waals surface area contributed by atoms with Crippen molar-refractivity contribution < 1.29 is 0 Å². The Kier molecular flexibility index (Phi) is 4.41. The van der Waals surface area contributed by atoms with E-state index in [9.17, 15) is 0 Å². The van der Waals surface area contributed by atoms with Gasteiger partial charge >= 0.3 is 0 Å². The molecule has 1 fully saturated rings. The molecule has 0 aliphatic carbocycles. The van der Waals surface area contributed by atoms with Crippen LogP contribution < -0.4 is 5.73 Å². The first-order valence-corrected chi connectivity index (χ1v) is 7.22. The average molecular weight is 246 g/mol. The van der Waals surface area contributed by atoms with Gasteiger partial charge in [0, 0.05) is 19.1 Å². The summed E-state index contributed by atoms with van der Waals surface area (Å²) in [5, 5.41) is 0. The zero-order valence-corrected chi connectivity index (χ0v) is 11.7. The van der Waals surface area contributed by atoms with Crippen molar-refractivity contribution in [2.75, 3.05) is 19.6 Å². The van der Waals surface area contributed by atoms with Crippen molar-refractivity contribution in [2.45, 2.75) is 39.2 Å². The summed E-state index contributed by atoms with van der Waals surface area (Å²) in [5.41, 5.74) is 8.11. The summed E-state index contributed by atoms with van der Waals surface area (Å²) in [4.78, 5) is 2.55. The topological polar surface area (TPSA) is 29.3 Å². The second-order valence-corrected chi connectivity index (χ2v) is 5.71. The van der Waals surface area contributed by atoms with Gasteiger partial charge in [0.05, 0.1) is 0 Å². The van der Waals surface area contributed by atoms with Crippen molar-refractivity contribution in [1.29, 1.82) is 0 Å². The fourth-order valence-electron chi connectivity index (χ4n) is 3.09. The van der Waals surface area contributed by atoms with E-state index in [-0.39, 0.29) is 6.04 Å². The van der Waals surface area contributed by atoms with Gasteiger partial charge in [-0.05, 0) is 36.8 Å². The molecule has 1 heterocycles. The lowest BCUT2D eigenvalue weighted by Gasteiger charge is -2.27. The van der Waals surface area contributed by atoms with Crippen molar-refractivity contribution >= 4 is 0 Å². The van der Waals surface area contributed by atoms with E-state index in [2.05, 4.69) is 43.0 Å². The summed E-state index contributed by atoms with van der Waals surface area (Å²) in [6.07, 6.45) is 3.92. The van der Waals surface area contributed by atoms with E-state index in [1.807, 2.05) is 6.07 Å². The Balaban J connectivity index is 1.92. The number of likely N-dealkylation sites (tertiary alicyclic amines) is 1. The zero-order chi connectivity index (χ0) is 13.0. The number of hydrogen-bond acceptors (Lipinski definition) is 2. The molecule has 2 heteroatoms. The molecule has 0 amide bonds. The molecule has 1 aromatic rings. The van der Waals surface area contributed by atoms with Crippen molar-refractivity contribution in [2.24, 2.45) is 11.1 Å². The lowest BCUT2D eigenvalue weighted by atomic mass is 9.82. The minimum Gasteiger partial charge on any atom is -0.323 e. The maximum atomic E-state index is 6.30. The molecule has 0 spiro atoms. The van der Waals surface area contributed by atoms with Gasteiger partial charge in [0.15, 0.2) is 0 Å². The van der Waals surface area contributed by atoms with Crippen LogP contribution in [0.2, 0.25) is 0 Å². The second kappa shape index (κ2) is 5.85. The Bertz CT molecular complexity index is 357. The van der Waals surface area contributed by atoms with Crippen molar-refractivity contribution in [3.63, 3.8) is 0 Å². The summed E-state index contributed by atoms with van der Waals surface area (Å²) < 4.78 is 0. The van der Waals surface area contributed by atoms with Gasteiger partial charge in [-0.15, -0.1) is 0 Å². The summed E-state index contributed by atoms with van der Waals surface area (Å²) >= 11 is 0. The Morgan fingerprint density at radius 3 is 2.44 bits per heavy atom. The molecule has 2 nitrogen and oxygen atoms in total. The fourth-order valence-corrected chi connectivity index (χ4v) is 3.09. The lowest BCUT2D eigenvalue weighted by Crippen LogP contribution is -2.32. The van der Waals surface area contributed by atoms with Gasteiger partial charge in [0.25, 0.3) is 0 Å². The highest BCUT2D eigenvalue weighted by atomic mass is 15.2. The van der Waals surface area contributed by atoms with E-state index < -0.39 is 0 Å². The molecule has 1 saturated heterocycles. The van der Waals surface area contributed by atoms with Crippen LogP contribution in [-0.4, -0.2) is 24.5 Å². The zero-order valence-electron chi connectivity index (χ0n) is 11.7. The van der Waals surface area contributed by atoms with Crippen LogP contribution in [0.3, 0.4) is 0 Å². The van der Waals surface area contributed by atoms with Crippen LogP contribution in [0.5, 0.6) is 0 Å². The summed E-state index contributed by atoms with van der Waals surface area (Å²) in [6.45, 7) is 8.07. The fraction of sp³-hybridized carbons (Fsp3) is 0.625. The highest BCUT2D eigenvalue weighted by molar-refractivity contribution is 5.18. The molecule has 0 aromatic heterocycles.